The molecule has 1 amide bonds. The Bertz CT molecular complexity index is 886. The topological polar surface area (TPSA) is 93.7 Å². The molecule has 0 aliphatic carbocycles. The maximum absolute atomic E-state index is 12.5. The molecule has 2 heterocycles. The number of hydrogen-bond acceptors (Lipinski definition) is 7. The van der Waals surface area contributed by atoms with Crippen LogP contribution in [0.2, 0.25) is 0 Å². The zero-order chi connectivity index (χ0) is 20.8. The molecule has 1 fully saturated rings. The van der Waals surface area contributed by atoms with E-state index in [4.69, 9.17) is 9.72 Å². The van der Waals surface area contributed by atoms with Gasteiger partial charge in [0.25, 0.3) is 0 Å². The van der Waals surface area contributed by atoms with Gasteiger partial charge in [0.05, 0.1) is 31.3 Å². The number of ether oxygens (including phenoxy) is 2. The van der Waals surface area contributed by atoms with Crippen molar-refractivity contribution in [1.29, 1.82) is 0 Å². The van der Waals surface area contributed by atoms with E-state index in [0.717, 1.165) is 41.7 Å². The van der Waals surface area contributed by atoms with Crippen LogP contribution in [0.1, 0.15) is 31.4 Å². The molecule has 1 N–H and O–H groups in total. The Morgan fingerprint density at radius 1 is 1.28 bits per heavy atom. The molecule has 2 aromatic rings. The number of anilines is 1. The van der Waals surface area contributed by atoms with E-state index in [-0.39, 0.29) is 17.8 Å². The zero-order valence-corrected chi connectivity index (χ0v) is 17.2. The first-order valence-electron chi connectivity index (χ1n) is 9.93. The Hall–Kier alpha value is -2.90. The van der Waals surface area contributed by atoms with Crippen molar-refractivity contribution in [3.05, 3.63) is 23.9 Å². The van der Waals surface area contributed by atoms with Gasteiger partial charge in [0.2, 0.25) is 11.9 Å². The molecule has 0 spiro atoms. The summed E-state index contributed by atoms with van der Waals surface area (Å²) in [4.78, 5) is 35.2. The molecule has 8 heteroatoms. The maximum atomic E-state index is 12.5. The summed E-state index contributed by atoms with van der Waals surface area (Å²) in [7, 11) is 3.00. The quantitative estimate of drug-likeness (QED) is 0.563. The van der Waals surface area contributed by atoms with Crippen LogP contribution in [0.5, 0.6) is 5.75 Å². The largest absolute Gasteiger partial charge is 0.497 e. The predicted octanol–water partition coefficient (Wildman–Crippen LogP) is 2.23. The molecule has 0 bridgehead atoms. The van der Waals surface area contributed by atoms with Crippen molar-refractivity contribution in [1.82, 2.24) is 15.3 Å². The molecule has 1 aromatic heterocycles. The first-order chi connectivity index (χ1) is 14.0. The highest BCUT2D eigenvalue weighted by molar-refractivity contribution is 5.83. The third-order valence-corrected chi connectivity index (χ3v) is 5.24. The molecule has 0 unspecified atom stereocenters. The number of esters is 1. The average molecular weight is 400 g/mol. The van der Waals surface area contributed by atoms with Gasteiger partial charge in [-0.05, 0) is 38.3 Å². The summed E-state index contributed by atoms with van der Waals surface area (Å²) in [6.07, 6.45) is 2.61. The number of aromatic nitrogens is 2. The van der Waals surface area contributed by atoms with Gasteiger partial charge in [0.1, 0.15) is 5.75 Å². The number of fused-ring (bicyclic) bond motifs is 1. The number of rotatable bonds is 7. The molecular weight excluding hydrogens is 372 g/mol. The number of piperidine rings is 1. The monoisotopic (exact) mass is 400 g/mol. The summed E-state index contributed by atoms with van der Waals surface area (Å²) in [6, 6.07) is 5.77. The highest BCUT2D eigenvalue weighted by Crippen LogP contribution is 2.26. The fourth-order valence-electron chi connectivity index (χ4n) is 3.58. The van der Waals surface area contributed by atoms with E-state index < -0.39 is 0 Å². The third-order valence-electron chi connectivity index (χ3n) is 5.24. The Kier molecular flexibility index (Phi) is 6.85. The standard InChI is InChI=1S/C21H28N4O4/c1-14-17-9-8-16(28-2)12-18(17)24-21(23-14)25-11-5-6-15(13-25)20(27)22-10-4-7-19(26)29-3/h8-9,12,15H,4-7,10-11,13H2,1-3H3,(H,22,27)/t15-/m1/s1. The highest BCUT2D eigenvalue weighted by Gasteiger charge is 2.27. The number of methoxy groups -OCH3 is 2. The SMILES string of the molecule is COC(=O)CCCNC(=O)[C@@H]1CCCN(c2nc(C)c3ccc(OC)cc3n2)C1. The second-order valence-corrected chi connectivity index (χ2v) is 7.25. The lowest BCUT2D eigenvalue weighted by molar-refractivity contribution is -0.140. The van der Waals surface area contributed by atoms with Gasteiger partial charge in [-0.3, -0.25) is 9.59 Å². The van der Waals surface area contributed by atoms with Crippen molar-refractivity contribution < 1.29 is 19.1 Å². The number of carbonyl (C=O) groups excluding carboxylic acids is 2. The van der Waals surface area contributed by atoms with Crippen molar-refractivity contribution in [2.45, 2.75) is 32.6 Å². The lowest BCUT2D eigenvalue weighted by atomic mass is 9.97. The number of carbonyl (C=O) groups is 2. The number of nitrogens with zero attached hydrogens (tertiary/aromatic N) is 3. The smallest absolute Gasteiger partial charge is 0.305 e. The van der Waals surface area contributed by atoms with Crippen LogP contribution in [0, 0.1) is 12.8 Å². The average Bonchev–Trinajstić information content (AvgIpc) is 2.75. The normalized spacial score (nSPS) is 16.5. The van der Waals surface area contributed by atoms with E-state index in [9.17, 15) is 9.59 Å². The van der Waals surface area contributed by atoms with E-state index >= 15 is 0 Å². The molecular formula is C21H28N4O4. The second-order valence-electron chi connectivity index (χ2n) is 7.25. The van der Waals surface area contributed by atoms with Crippen LogP contribution >= 0.6 is 0 Å². The molecule has 1 aromatic carbocycles. The van der Waals surface area contributed by atoms with E-state index in [2.05, 4.69) is 19.9 Å². The van der Waals surface area contributed by atoms with Crippen molar-refractivity contribution in [3.8, 4) is 5.75 Å². The van der Waals surface area contributed by atoms with Crippen LogP contribution in [-0.4, -0.2) is 55.7 Å². The Balaban J connectivity index is 1.65. The number of aryl methyl sites for hydroxylation is 1. The van der Waals surface area contributed by atoms with Gasteiger partial charge >= 0.3 is 5.97 Å². The molecule has 29 heavy (non-hydrogen) atoms. The van der Waals surface area contributed by atoms with Gasteiger partial charge < -0.3 is 19.7 Å². The molecule has 0 radical (unpaired) electrons. The number of amides is 1. The van der Waals surface area contributed by atoms with Crippen molar-refractivity contribution in [3.63, 3.8) is 0 Å². The van der Waals surface area contributed by atoms with E-state index in [1.54, 1.807) is 7.11 Å². The van der Waals surface area contributed by atoms with Crippen LogP contribution in [0.25, 0.3) is 10.9 Å². The third kappa shape index (κ3) is 5.13. The number of hydrogen-bond donors (Lipinski definition) is 1. The molecule has 8 nitrogen and oxygen atoms in total. The van der Waals surface area contributed by atoms with E-state index in [0.29, 0.717) is 31.9 Å². The van der Waals surface area contributed by atoms with Gasteiger partial charge in [0, 0.05) is 37.5 Å². The lowest BCUT2D eigenvalue weighted by Gasteiger charge is -2.32. The zero-order valence-electron chi connectivity index (χ0n) is 17.2. The van der Waals surface area contributed by atoms with Crippen molar-refractivity contribution in [2.24, 2.45) is 5.92 Å². The molecule has 156 valence electrons. The summed E-state index contributed by atoms with van der Waals surface area (Å²) in [6.45, 7) is 3.84. The minimum atomic E-state index is -0.261. The molecule has 0 saturated carbocycles. The first-order valence-corrected chi connectivity index (χ1v) is 9.93. The van der Waals surface area contributed by atoms with Crippen LogP contribution in [0.4, 0.5) is 5.95 Å². The van der Waals surface area contributed by atoms with Gasteiger partial charge in [-0.2, -0.15) is 0 Å². The first kappa shape index (κ1) is 20.8. The van der Waals surface area contributed by atoms with Gasteiger partial charge in [0.15, 0.2) is 0 Å². The van der Waals surface area contributed by atoms with Gasteiger partial charge in [-0.1, -0.05) is 0 Å². The van der Waals surface area contributed by atoms with Crippen LogP contribution in [-0.2, 0) is 14.3 Å². The van der Waals surface area contributed by atoms with Crippen LogP contribution in [0.15, 0.2) is 18.2 Å². The van der Waals surface area contributed by atoms with Gasteiger partial charge in [-0.25, -0.2) is 9.97 Å². The Labute approximate surface area is 170 Å². The maximum Gasteiger partial charge on any atom is 0.305 e. The number of benzene rings is 1. The lowest BCUT2D eigenvalue weighted by Crippen LogP contribution is -2.44. The predicted molar refractivity (Wildman–Crippen MR) is 110 cm³/mol. The summed E-state index contributed by atoms with van der Waals surface area (Å²) < 4.78 is 9.92. The summed E-state index contributed by atoms with van der Waals surface area (Å²) in [5, 5.41) is 3.92. The fourth-order valence-corrected chi connectivity index (χ4v) is 3.58. The Morgan fingerprint density at radius 3 is 2.86 bits per heavy atom. The molecule has 3 rings (SSSR count). The fraction of sp³-hybridized carbons (Fsp3) is 0.524. The van der Waals surface area contributed by atoms with Gasteiger partial charge in [-0.15, -0.1) is 0 Å². The number of nitrogens with one attached hydrogen (secondary N) is 1. The molecule has 1 aliphatic rings. The minimum absolute atomic E-state index is 0.0127. The molecule has 1 atom stereocenters. The van der Waals surface area contributed by atoms with E-state index in [1.165, 1.54) is 7.11 Å². The highest BCUT2D eigenvalue weighted by atomic mass is 16.5. The summed E-state index contributed by atoms with van der Waals surface area (Å²) in [5.41, 5.74) is 1.74. The van der Waals surface area contributed by atoms with Crippen LogP contribution < -0.4 is 15.0 Å². The molecule has 1 saturated heterocycles. The minimum Gasteiger partial charge on any atom is -0.497 e. The van der Waals surface area contributed by atoms with Crippen LogP contribution in [0.3, 0.4) is 0 Å². The molecule has 1 aliphatic heterocycles. The van der Waals surface area contributed by atoms with Crippen molar-refractivity contribution >= 4 is 28.7 Å². The second kappa shape index (κ2) is 9.54. The summed E-state index contributed by atoms with van der Waals surface area (Å²) in [5.74, 6) is 1.03. The van der Waals surface area contributed by atoms with Crippen molar-refractivity contribution in [2.75, 3.05) is 38.8 Å². The van der Waals surface area contributed by atoms with E-state index in [1.807, 2.05) is 25.1 Å². The summed E-state index contributed by atoms with van der Waals surface area (Å²) >= 11 is 0. The Morgan fingerprint density at radius 2 is 2.10 bits per heavy atom.